The summed E-state index contributed by atoms with van der Waals surface area (Å²) in [6.45, 7) is 2.31. The summed E-state index contributed by atoms with van der Waals surface area (Å²) in [6.07, 6.45) is 0.824. The monoisotopic (exact) mass is 408 g/mol. The quantitative estimate of drug-likeness (QED) is 0.554. The highest BCUT2D eigenvalue weighted by molar-refractivity contribution is 7.89. The first kappa shape index (κ1) is 22.2. The molecule has 8 heteroatoms. The van der Waals surface area contributed by atoms with Crippen LogP contribution in [-0.2, 0) is 16.4 Å². The minimum absolute atomic E-state index is 0.143. The van der Waals surface area contributed by atoms with Gasteiger partial charge >= 0.3 is 0 Å². The Hall–Kier alpha value is -2.13. The second kappa shape index (κ2) is 9.88. The van der Waals surface area contributed by atoms with Crippen LogP contribution in [0.5, 0.6) is 11.5 Å². The predicted molar refractivity (Wildman–Crippen MR) is 108 cm³/mol. The van der Waals surface area contributed by atoms with E-state index < -0.39 is 16.1 Å². The molecule has 0 fully saturated rings. The van der Waals surface area contributed by atoms with Crippen LogP contribution >= 0.6 is 0 Å². The minimum Gasteiger partial charge on any atom is -0.496 e. The third-order valence-corrected chi connectivity index (χ3v) is 5.51. The van der Waals surface area contributed by atoms with Gasteiger partial charge in [-0.1, -0.05) is 24.3 Å². The molecular formula is C20H28N2O5S. The fourth-order valence-corrected chi connectivity index (χ4v) is 3.67. The van der Waals surface area contributed by atoms with Crippen LogP contribution in [-0.4, -0.2) is 40.3 Å². The van der Waals surface area contributed by atoms with Gasteiger partial charge in [0.15, 0.2) is 0 Å². The van der Waals surface area contributed by atoms with Crippen molar-refractivity contribution in [1.29, 1.82) is 0 Å². The van der Waals surface area contributed by atoms with E-state index in [0.717, 1.165) is 24.2 Å². The van der Waals surface area contributed by atoms with Crippen LogP contribution in [0.3, 0.4) is 0 Å². The molecule has 28 heavy (non-hydrogen) atoms. The van der Waals surface area contributed by atoms with E-state index in [1.54, 1.807) is 13.2 Å². The largest absolute Gasteiger partial charge is 0.496 e. The Bertz CT molecular complexity index is 886. The molecule has 0 amide bonds. The van der Waals surface area contributed by atoms with Crippen LogP contribution in [0, 0.1) is 0 Å². The molecule has 0 bridgehead atoms. The van der Waals surface area contributed by atoms with Gasteiger partial charge in [-0.15, -0.1) is 0 Å². The van der Waals surface area contributed by atoms with E-state index in [2.05, 4.69) is 5.32 Å². The van der Waals surface area contributed by atoms with Gasteiger partial charge in [0.25, 0.3) is 0 Å². The molecule has 0 saturated carbocycles. The molecule has 2 rings (SSSR count). The average Bonchev–Trinajstić information content (AvgIpc) is 2.69. The molecule has 0 spiro atoms. The second-order valence-corrected chi connectivity index (χ2v) is 8.16. The SMILES string of the molecule is COc1ccccc1CCC(C)NCC(O)c1ccc(OC)c(S(N)(=O)=O)c1. The third-order valence-electron chi connectivity index (χ3n) is 4.58. The predicted octanol–water partition coefficient (Wildman–Crippen LogP) is 2.00. The molecule has 2 unspecified atom stereocenters. The summed E-state index contributed by atoms with van der Waals surface area (Å²) in [5.41, 5.74) is 1.58. The van der Waals surface area contributed by atoms with E-state index in [1.165, 1.54) is 19.2 Å². The zero-order chi connectivity index (χ0) is 20.7. The number of nitrogens with one attached hydrogen (secondary N) is 1. The lowest BCUT2D eigenvalue weighted by Crippen LogP contribution is -2.31. The summed E-state index contributed by atoms with van der Waals surface area (Å²) < 4.78 is 33.8. The Kier molecular flexibility index (Phi) is 7.82. The standard InChI is InChI=1S/C20H28N2O5S/c1-14(8-9-15-6-4-5-7-18(15)26-2)22-13-17(23)16-10-11-19(27-3)20(12-16)28(21,24)25/h4-7,10-12,14,17,22-23H,8-9,13H2,1-3H3,(H2,21,24,25). The molecule has 0 saturated heterocycles. The highest BCUT2D eigenvalue weighted by atomic mass is 32.2. The molecule has 4 N–H and O–H groups in total. The number of para-hydroxylation sites is 1. The van der Waals surface area contributed by atoms with Crippen LogP contribution in [0.15, 0.2) is 47.4 Å². The summed E-state index contributed by atoms with van der Waals surface area (Å²) in [6, 6.07) is 12.5. The number of methoxy groups -OCH3 is 2. The van der Waals surface area contributed by atoms with Gasteiger partial charge in [0, 0.05) is 12.6 Å². The lowest BCUT2D eigenvalue weighted by molar-refractivity contribution is 0.169. The molecule has 0 aliphatic carbocycles. The van der Waals surface area contributed by atoms with Crippen molar-refractivity contribution in [2.24, 2.45) is 5.14 Å². The third kappa shape index (κ3) is 5.93. The number of hydrogen-bond acceptors (Lipinski definition) is 6. The van der Waals surface area contributed by atoms with Gasteiger partial charge in [0.2, 0.25) is 10.0 Å². The normalized spacial score (nSPS) is 13.8. The van der Waals surface area contributed by atoms with Gasteiger partial charge in [-0.05, 0) is 49.1 Å². The van der Waals surface area contributed by atoms with E-state index in [9.17, 15) is 13.5 Å². The lowest BCUT2D eigenvalue weighted by atomic mass is 10.0. The highest BCUT2D eigenvalue weighted by Gasteiger charge is 2.18. The van der Waals surface area contributed by atoms with E-state index >= 15 is 0 Å². The number of benzene rings is 2. The summed E-state index contributed by atoms with van der Waals surface area (Å²) in [4.78, 5) is -0.143. The highest BCUT2D eigenvalue weighted by Crippen LogP contribution is 2.26. The Morgan fingerprint density at radius 3 is 2.43 bits per heavy atom. The van der Waals surface area contributed by atoms with E-state index in [4.69, 9.17) is 14.6 Å². The van der Waals surface area contributed by atoms with E-state index in [1.807, 2.05) is 31.2 Å². The first-order chi connectivity index (χ1) is 13.3. The first-order valence-electron chi connectivity index (χ1n) is 9.00. The molecule has 2 aromatic rings. The summed E-state index contributed by atoms with van der Waals surface area (Å²) in [5.74, 6) is 1.01. The molecule has 0 heterocycles. The van der Waals surface area contributed by atoms with E-state index in [-0.39, 0.29) is 23.2 Å². The minimum atomic E-state index is -3.95. The number of sulfonamides is 1. The van der Waals surface area contributed by atoms with Gasteiger partial charge in [-0.25, -0.2) is 13.6 Å². The summed E-state index contributed by atoms with van der Waals surface area (Å²) in [5, 5.41) is 18.9. The van der Waals surface area contributed by atoms with Gasteiger partial charge in [-0.3, -0.25) is 0 Å². The van der Waals surface area contributed by atoms with Crippen molar-refractivity contribution in [2.45, 2.75) is 36.8 Å². The molecule has 0 aliphatic heterocycles. The van der Waals surface area contributed by atoms with E-state index in [0.29, 0.717) is 5.56 Å². The number of ether oxygens (including phenoxy) is 2. The number of aliphatic hydroxyl groups excluding tert-OH is 1. The van der Waals surface area contributed by atoms with Crippen molar-refractivity contribution >= 4 is 10.0 Å². The Balaban J connectivity index is 1.95. The van der Waals surface area contributed by atoms with Gasteiger partial charge in [0.05, 0.1) is 20.3 Å². The van der Waals surface area contributed by atoms with Crippen LogP contribution in [0.1, 0.15) is 30.6 Å². The number of primary sulfonamides is 1. The van der Waals surface area contributed by atoms with Crippen molar-refractivity contribution < 1.29 is 23.0 Å². The zero-order valence-corrected chi connectivity index (χ0v) is 17.2. The van der Waals surface area contributed by atoms with Crippen molar-refractivity contribution in [3.8, 4) is 11.5 Å². The average molecular weight is 409 g/mol. The number of hydrogen-bond donors (Lipinski definition) is 3. The van der Waals surface area contributed by atoms with Crippen LogP contribution in [0.25, 0.3) is 0 Å². The van der Waals surface area contributed by atoms with Crippen molar-refractivity contribution in [3.05, 3.63) is 53.6 Å². The summed E-state index contributed by atoms with van der Waals surface area (Å²) >= 11 is 0. The van der Waals surface area contributed by atoms with Crippen molar-refractivity contribution in [3.63, 3.8) is 0 Å². The Morgan fingerprint density at radius 2 is 1.79 bits per heavy atom. The molecular weight excluding hydrogens is 380 g/mol. The number of nitrogens with two attached hydrogens (primary N) is 1. The number of rotatable bonds is 10. The van der Waals surface area contributed by atoms with Crippen molar-refractivity contribution in [2.75, 3.05) is 20.8 Å². The molecule has 2 aromatic carbocycles. The zero-order valence-electron chi connectivity index (χ0n) is 16.4. The van der Waals surface area contributed by atoms with Gasteiger partial charge in [-0.2, -0.15) is 0 Å². The molecule has 0 aliphatic rings. The molecule has 0 radical (unpaired) electrons. The maximum atomic E-state index is 11.7. The number of aryl methyl sites for hydroxylation is 1. The van der Waals surface area contributed by atoms with Crippen LogP contribution < -0.4 is 19.9 Å². The Labute approximate surface area is 166 Å². The van der Waals surface area contributed by atoms with Gasteiger partial charge in [0.1, 0.15) is 16.4 Å². The second-order valence-electron chi connectivity index (χ2n) is 6.63. The lowest BCUT2D eigenvalue weighted by Gasteiger charge is -2.19. The maximum Gasteiger partial charge on any atom is 0.241 e. The first-order valence-corrected chi connectivity index (χ1v) is 10.5. The maximum absolute atomic E-state index is 11.7. The van der Waals surface area contributed by atoms with Gasteiger partial charge < -0.3 is 19.9 Å². The number of aliphatic hydroxyl groups is 1. The summed E-state index contributed by atoms with van der Waals surface area (Å²) in [7, 11) is -0.927. The molecule has 7 nitrogen and oxygen atoms in total. The molecule has 0 aromatic heterocycles. The van der Waals surface area contributed by atoms with Crippen LogP contribution in [0.4, 0.5) is 0 Å². The fraction of sp³-hybridized carbons (Fsp3) is 0.400. The topological polar surface area (TPSA) is 111 Å². The van der Waals surface area contributed by atoms with Crippen LogP contribution in [0.2, 0.25) is 0 Å². The van der Waals surface area contributed by atoms with Crippen molar-refractivity contribution in [1.82, 2.24) is 5.32 Å². The molecule has 2 atom stereocenters. The molecule has 154 valence electrons. The Morgan fingerprint density at radius 1 is 1.11 bits per heavy atom. The smallest absolute Gasteiger partial charge is 0.241 e. The fourth-order valence-electron chi connectivity index (χ4n) is 2.94.